The van der Waals surface area contributed by atoms with Crippen molar-refractivity contribution in [1.82, 2.24) is 10.2 Å². The molecule has 128 valence electrons. The van der Waals surface area contributed by atoms with Crippen LogP contribution in [-0.4, -0.2) is 21.9 Å². The molecule has 0 aliphatic heterocycles. The van der Waals surface area contributed by atoms with Gasteiger partial charge in [-0.2, -0.15) is 0 Å². The zero-order valence-corrected chi connectivity index (χ0v) is 17.1. The highest BCUT2D eigenvalue weighted by atomic mass is 79.9. The van der Waals surface area contributed by atoms with Crippen LogP contribution in [0.5, 0.6) is 0 Å². The molecule has 0 bridgehead atoms. The Kier molecular flexibility index (Phi) is 6.92. The number of carbonyl (C=O) groups is 1. The average molecular weight is 452 g/mol. The first-order chi connectivity index (χ1) is 12.2. The van der Waals surface area contributed by atoms with Gasteiger partial charge in [0.1, 0.15) is 0 Å². The van der Waals surface area contributed by atoms with Crippen molar-refractivity contribution in [2.75, 3.05) is 11.1 Å². The molecule has 1 amide bonds. The van der Waals surface area contributed by atoms with Gasteiger partial charge < -0.3 is 5.32 Å². The SMILES string of the molecule is O=C(CSc1nnc(SCc2ccccc2)s1)Nc1ccccc1Br. The van der Waals surface area contributed by atoms with Gasteiger partial charge in [-0.1, -0.05) is 77.3 Å². The van der Waals surface area contributed by atoms with Crippen LogP contribution < -0.4 is 5.32 Å². The summed E-state index contributed by atoms with van der Waals surface area (Å²) in [6, 6.07) is 17.8. The third-order valence-electron chi connectivity index (χ3n) is 3.07. The number of halogens is 1. The van der Waals surface area contributed by atoms with Gasteiger partial charge in [0, 0.05) is 10.2 Å². The van der Waals surface area contributed by atoms with Gasteiger partial charge in [-0.3, -0.25) is 4.79 Å². The zero-order chi connectivity index (χ0) is 17.5. The van der Waals surface area contributed by atoms with E-state index < -0.39 is 0 Å². The predicted molar refractivity (Wildman–Crippen MR) is 109 cm³/mol. The lowest BCUT2D eigenvalue weighted by atomic mass is 10.2. The summed E-state index contributed by atoms with van der Waals surface area (Å²) in [5.74, 6) is 1.10. The fourth-order valence-electron chi connectivity index (χ4n) is 1.91. The molecule has 0 aliphatic carbocycles. The molecule has 2 aromatic carbocycles. The number of hydrogen-bond donors (Lipinski definition) is 1. The van der Waals surface area contributed by atoms with Crippen LogP contribution >= 0.6 is 50.8 Å². The number of carbonyl (C=O) groups excluding carboxylic acids is 1. The van der Waals surface area contributed by atoms with Crippen molar-refractivity contribution in [1.29, 1.82) is 0 Å². The highest BCUT2D eigenvalue weighted by molar-refractivity contribution is 9.10. The van der Waals surface area contributed by atoms with E-state index in [2.05, 4.69) is 43.6 Å². The molecule has 0 aliphatic rings. The third kappa shape index (κ3) is 5.85. The van der Waals surface area contributed by atoms with Crippen LogP contribution in [0, 0.1) is 0 Å². The van der Waals surface area contributed by atoms with Crippen LogP contribution in [0.15, 0.2) is 67.7 Å². The summed E-state index contributed by atoms with van der Waals surface area (Å²) in [6.07, 6.45) is 0. The van der Waals surface area contributed by atoms with Crippen molar-refractivity contribution in [3.05, 3.63) is 64.6 Å². The van der Waals surface area contributed by atoms with Crippen LogP contribution in [0.2, 0.25) is 0 Å². The van der Waals surface area contributed by atoms with Gasteiger partial charge in [-0.15, -0.1) is 10.2 Å². The topological polar surface area (TPSA) is 54.9 Å². The van der Waals surface area contributed by atoms with Crippen molar-refractivity contribution in [2.24, 2.45) is 0 Å². The molecule has 1 N–H and O–H groups in total. The highest BCUT2D eigenvalue weighted by Crippen LogP contribution is 2.31. The maximum absolute atomic E-state index is 12.1. The first kappa shape index (κ1) is 18.4. The number of rotatable bonds is 7. The normalized spacial score (nSPS) is 10.6. The summed E-state index contributed by atoms with van der Waals surface area (Å²) >= 11 is 7.99. The Balaban J connectivity index is 1.47. The van der Waals surface area contributed by atoms with Crippen LogP contribution in [-0.2, 0) is 10.5 Å². The van der Waals surface area contributed by atoms with Gasteiger partial charge in [0.15, 0.2) is 8.68 Å². The van der Waals surface area contributed by atoms with Gasteiger partial charge in [-0.25, -0.2) is 0 Å². The summed E-state index contributed by atoms with van der Waals surface area (Å²) in [5.41, 5.74) is 2.02. The molecular formula is C17H14BrN3OS3. The van der Waals surface area contributed by atoms with Crippen LogP contribution in [0.4, 0.5) is 5.69 Å². The molecule has 0 saturated heterocycles. The number of thioether (sulfide) groups is 2. The Morgan fingerprint density at radius 1 is 1.00 bits per heavy atom. The second-order valence-corrected chi connectivity index (χ2v) is 9.20. The lowest BCUT2D eigenvalue weighted by Crippen LogP contribution is -2.14. The second-order valence-electron chi connectivity index (χ2n) is 4.92. The van der Waals surface area contributed by atoms with Crippen molar-refractivity contribution in [3.63, 3.8) is 0 Å². The number of benzene rings is 2. The van der Waals surface area contributed by atoms with Gasteiger partial charge >= 0.3 is 0 Å². The molecule has 0 atom stereocenters. The summed E-state index contributed by atoms with van der Waals surface area (Å²) in [4.78, 5) is 12.1. The molecule has 3 aromatic rings. The maximum atomic E-state index is 12.1. The lowest BCUT2D eigenvalue weighted by Gasteiger charge is -2.05. The van der Waals surface area contributed by atoms with E-state index in [0.717, 1.165) is 24.6 Å². The third-order valence-corrected chi connectivity index (χ3v) is 7.02. The standard InChI is InChI=1S/C17H14BrN3OS3/c18-13-8-4-5-9-14(13)19-15(22)11-24-17-21-20-16(25-17)23-10-12-6-2-1-3-7-12/h1-9H,10-11H2,(H,19,22). The first-order valence-corrected chi connectivity index (χ1v) is 11.0. The van der Waals surface area contributed by atoms with Crippen molar-refractivity contribution < 1.29 is 4.79 Å². The molecule has 0 spiro atoms. The maximum Gasteiger partial charge on any atom is 0.234 e. The van der Waals surface area contributed by atoms with Crippen molar-refractivity contribution in [2.45, 2.75) is 14.4 Å². The number of aromatic nitrogens is 2. The van der Waals surface area contributed by atoms with E-state index >= 15 is 0 Å². The van der Waals surface area contributed by atoms with E-state index in [4.69, 9.17) is 0 Å². The quantitative estimate of drug-likeness (QED) is 0.492. The number of para-hydroxylation sites is 1. The Morgan fingerprint density at radius 2 is 1.68 bits per heavy atom. The minimum atomic E-state index is -0.0643. The molecule has 1 aromatic heterocycles. The fraction of sp³-hybridized carbons (Fsp3) is 0.118. The van der Waals surface area contributed by atoms with E-state index in [-0.39, 0.29) is 5.91 Å². The zero-order valence-electron chi connectivity index (χ0n) is 13.0. The fourth-order valence-corrected chi connectivity index (χ4v) is 5.07. The smallest absolute Gasteiger partial charge is 0.234 e. The molecule has 0 unspecified atom stereocenters. The lowest BCUT2D eigenvalue weighted by molar-refractivity contribution is -0.113. The molecule has 0 saturated carbocycles. The van der Waals surface area contributed by atoms with E-state index in [1.807, 2.05) is 42.5 Å². The summed E-state index contributed by atoms with van der Waals surface area (Å²) < 4.78 is 2.58. The number of nitrogens with one attached hydrogen (secondary N) is 1. The van der Waals surface area contributed by atoms with Crippen LogP contribution in [0.1, 0.15) is 5.56 Å². The monoisotopic (exact) mass is 451 g/mol. The number of anilines is 1. The Hall–Kier alpha value is -1.35. The van der Waals surface area contributed by atoms with Gasteiger partial charge in [-0.05, 0) is 33.6 Å². The first-order valence-electron chi connectivity index (χ1n) is 7.38. The average Bonchev–Trinajstić information content (AvgIpc) is 3.09. The predicted octanol–water partition coefficient (Wildman–Crippen LogP) is 5.32. The molecule has 8 heteroatoms. The Bertz CT molecular complexity index is 842. The van der Waals surface area contributed by atoms with E-state index in [9.17, 15) is 4.79 Å². The number of amides is 1. The summed E-state index contributed by atoms with van der Waals surface area (Å²) in [6.45, 7) is 0. The number of hydrogen-bond acceptors (Lipinski definition) is 6. The highest BCUT2D eigenvalue weighted by Gasteiger charge is 2.10. The minimum Gasteiger partial charge on any atom is -0.324 e. The molecule has 0 fully saturated rings. The van der Waals surface area contributed by atoms with Crippen LogP contribution in [0.25, 0.3) is 0 Å². The number of nitrogens with zero attached hydrogens (tertiary/aromatic N) is 2. The molecular weight excluding hydrogens is 438 g/mol. The largest absolute Gasteiger partial charge is 0.324 e. The second kappa shape index (κ2) is 9.38. The van der Waals surface area contributed by atoms with Crippen LogP contribution in [0.3, 0.4) is 0 Å². The minimum absolute atomic E-state index is 0.0643. The van der Waals surface area contributed by atoms with Gasteiger partial charge in [0.05, 0.1) is 11.4 Å². The molecule has 1 heterocycles. The van der Waals surface area contributed by atoms with Gasteiger partial charge in [0.2, 0.25) is 5.91 Å². The van der Waals surface area contributed by atoms with E-state index in [1.165, 1.54) is 28.7 Å². The van der Waals surface area contributed by atoms with Crippen molar-refractivity contribution in [3.8, 4) is 0 Å². The van der Waals surface area contributed by atoms with Crippen molar-refractivity contribution >= 4 is 62.4 Å². The van der Waals surface area contributed by atoms with E-state index in [0.29, 0.717) is 5.75 Å². The molecule has 3 rings (SSSR count). The molecule has 25 heavy (non-hydrogen) atoms. The molecule has 4 nitrogen and oxygen atoms in total. The van der Waals surface area contributed by atoms with Gasteiger partial charge in [0.25, 0.3) is 0 Å². The Labute approximate surface area is 167 Å². The molecule has 0 radical (unpaired) electrons. The van der Waals surface area contributed by atoms with E-state index in [1.54, 1.807) is 11.8 Å². The summed E-state index contributed by atoms with van der Waals surface area (Å²) in [5, 5.41) is 11.2. The Morgan fingerprint density at radius 3 is 2.44 bits per heavy atom. The summed E-state index contributed by atoms with van der Waals surface area (Å²) in [7, 11) is 0.